The van der Waals surface area contributed by atoms with Crippen LogP contribution in [0.25, 0.3) is 0 Å². The molecule has 0 aromatic carbocycles. The first-order chi connectivity index (χ1) is 10.9. The average Bonchev–Trinajstić information content (AvgIpc) is 2.80. The highest BCUT2D eigenvalue weighted by atomic mass is 15.4. The highest BCUT2D eigenvalue weighted by Gasteiger charge is 2.04. The van der Waals surface area contributed by atoms with Crippen molar-refractivity contribution in [2.45, 2.75) is 110 Å². The molecule has 0 amide bonds. The lowest BCUT2D eigenvalue weighted by atomic mass is 10.1. The Morgan fingerprint density at radius 1 is 0.682 bits per heavy atom. The second-order valence-electron chi connectivity index (χ2n) is 6.99. The van der Waals surface area contributed by atoms with Crippen molar-refractivity contribution in [1.29, 1.82) is 0 Å². The van der Waals surface area contributed by atoms with Gasteiger partial charge in [-0.1, -0.05) is 84.0 Å². The van der Waals surface area contributed by atoms with E-state index in [1.165, 1.54) is 116 Å². The molecule has 0 spiro atoms. The zero-order chi connectivity index (χ0) is 15.7. The molecule has 2 nitrogen and oxygen atoms in total. The number of hydrazone groups is 1. The van der Waals surface area contributed by atoms with Crippen LogP contribution in [-0.4, -0.2) is 24.3 Å². The van der Waals surface area contributed by atoms with Crippen LogP contribution in [0.5, 0.6) is 0 Å². The van der Waals surface area contributed by atoms with E-state index in [-0.39, 0.29) is 0 Å². The largest absolute Gasteiger partial charge is 0.297 e. The Kier molecular flexibility index (Phi) is 13.6. The van der Waals surface area contributed by atoms with Crippen LogP contribution >= 0.6 is 0 Å². The molecule has 1 heterocycles. The van der Waals surface area contributed by atoms with Crippen LogP contribution < -0.4 is 0 Å². The predicted octanol–water partition coefficient (Wildman–Crippen LogP) is 6.55. The van der Waals surface area contributed by atoms with Gasteiger partial charge in [0.1, 0.15) is 0 Å². The molecular weight excluding hydrogens is 268 g/mol. The zero-order valence-electron chi connectivity index (χ0n) is 15.2. The maximum atomic E-state index is 4.63. The van der Waals surface area contributed by atoms with Gasteiger partial charge in [0.2, 0.25) is 0 Å². The van der Waals surface area contributed by atoms with Crippen LogP contribution in [0.15, 0.2) is 5.10 Å². The van der Waals surface area contributed by atoms with Crippen molar-refractivity contribution in [2.75, 3.05) is 13.1 Å². The molecule has 0 atom stereocenters. The SMILES string of the molecule is CCCCCCCCCCCCCC=NN1CCCCCC1. The third kappa shape index (κ3) is 12.1. The van der Waals surface area contributed by atoms with Gasteiger partial charge in [0.15, 0.2) is 0 Å². The fourth-order valence-electron chi connectivity index (χ4n) is 3.24. The van der Waals surface area contributed by atoms with Crippen molar-refractivity contribution in [3.05, 3.63) is 0 Å². The molecule has 2 heteroatoms. The Hall–Kier alpha value is -0.530. The second kappa shape index (κ2) is 15.4. The third-order valence-electron chi connectivity index (χ3n) is 4.76. The number of unbranched alkanes of at least 4 members (excludes halogenated alkanes) is 11. The molecule has 1 aliphatic heterocycles. The molecule has 0 aromatic rings. The summed E-state index contributed by atoms with van der Waals surface area (Å²) in [5.41, 5.74) is 0. The van der Waals surface area contributed by atoms with E-state index in [2.05, 4.69) is 23.2 Å². The first-order valence-electron chi connectivity index (χ1n) is 10.2. The summed E-state index contributed by atoms with van der Waals surface area (Å²) in [4.78, 5) is 0. The second-order valence-corrected chi connectivity index (χ2v) is 6.99. The number of hydrogen-bond acceptors (Lipinski definition) is 2. The van der Waals surface area contributed by atoms with Crippen molar-refractivity contribution in [3.8, 4) is 0 Å². The van der Waals surface area contributed by atoms with Crippen LogP contribution in [0, 0.1) is 0 Å². The van der Waals surface area contributed by atoms with E-state index in [0.29, 0.717) is 0 Å². The minimum absolute atomic E-state index is 1.17. The highest BCUT2D eigenvalue weighted by Crippen LogP contribution is 2.12. The molecule has 1 fully saturated rings. The van der Waals surface area contributed by atoms with E-state index in [0.717, 1.165) is 0 Å². The molecule has 1 rings (SSSR count). The van der Waals surface area contributed by atoms with E-state index in [1.807, 2.05) is 0 Å². The molecule has 1 saturated heterocycles. The summed E-state index contributed by atoms with van der Waals surface area (Å²) in [6, 6.07) is 0. The lowest BCUT2D eigenvalue weighted by Crippen LogP contribution is -2.18. The first kappa shape index (κ1) is 19.5. The average molecular weight is 309 g/mol. The Morgan fingerprint density at radius 2 is 1.18 bits per heavy atom. The van der Waals surface area contributed by atoms with Gasteiger partial charge in [-0.25, -0.2) is 0 Å². The normalized spacial score (nSPS) is 16.3. The minimum Gasteiger partial charge on any atom is -0.297 e. The lowest BCUT2D eigenvalue weighted by molar-refractivity contribution is 0.301. The van der Waals surface area contributed by atoms with Crippen molar-refractivity contribution in [3.63, 3.8) is 0 Å². The number of nitrogens with zero attached hydrogens (tertiary/aromatic N) is 2. The topological polar surface area (TPSA) is 15.6 Å². The van der Waals surface area contributed by atoms with Crippen molar-refractivity contribution in [1.82, 2.24) is 5.01 Å². The fourth-order valence-corrected chi connectivity index (χ4v) is 3.24. The molecule has 130 valence electrons. The van der Waals surface area contributed by atoms with Gasteiger partial charge in [0.05, 0.1) is 0 Å². The van der Waals surface area contributed by atoms with Crippen molar-refractivity contribution in [2.24, 2.45) is 5.10 Å². The Bertz CT molecular complexity index is 242. The molecule has 0 aromatic heterocycles. The number of hydrogen-bond donors (Lipinski definition) is 0. The predicted molar refractivity (Wildman–Crippen MR) is 99.6 cm³/mol. The summed E-state index contributed by atoms with van der Waals surface area (Å²) in [6.07, 6.45) is 24.4. The van der Waals surface area contributed by atoms with Crippen LogP contribution in [-0.2, 0) is 0 Å². The Morgan fingerprint density at radius 3 is 1.73 bits per heavy atom. The molecule has 0 radical (unpaired) electrons. The van der Waals surface area contributed by atoms with Gasteiger partial charge < -0.3 is 0 Å². The van der Waals surface area contributed by atoms with Crippen LogP contribution in [0.3, 0.4) is 0 Å². The van der Waals surface area contributed by atoms with Gasteiger partial charge in [0, 0.05) is 19.3 Å². The summed E-state index contributed by atoms with van der Waals surface area (Å²) in [7, 11) is 0. The van der Waals surface area contributed by atoms with Crippen LogP contribution in [0.4, 0.5) is 0 Å². The first-order valence-corrected chi connectivity index (χ1v) is 10.2. The van der Waals surface area contributed by atoms with Gasteiger partial charge in [-0.05, 0) is 25.7 Å². The zero-order valence-corrected chi connectivity index (χ0v) is 15.2. The van der Waals surface area contributed by atoms with Gasteiger partial charge in [0.25, 0.3) is 0 Å². The molecule has 0 N–H and O–H groups in total. The third-order valence-corrected chi connectivity index (χ3v) is 4.76. The van der Waals surface area contributed by atoms with E-state index >= 15 is 0 Å². The molecule has 0 bridgehead atoms. The smallest absolute Gasteiger partial charge is 0.0360 e. The van der Waals surface area contributed by atoms with Gasteiger partial charge in [-0.2, -0.15) is 5.10 Å². The summed E-state index contributed by atoms with van der Waals surface area (Å²) >= 11 is 0. The fraction of sp³-hybridized carbons (Fsp3) is 0.950. The lowest BCUT2D eigenvalue weighted by Gasteiger charge is -2.15. The number of rotatable bonds is 13. The van der Waals surface area contributed by atoms with Crippen LogP contribution in [0.1, 0.15) is 110 Å². The summed E-state index contributed by atoms with van der Waals surface area (Å²) in [6.45, 7) is 4.64. The summed E-state index contributed by atoms with van der Waals surface area (Å²) in [5.74, 6) is 0. The highest BCUT2D eigenvalue weighted by molar-refractivity contribution is 5.56. The van der Waals surface area contributed by atoms with Gasteiger partial charge in [-0.3, -0.25) is 5.01 Å². The molecule has 0 saturated carbocycles. The van der Waals surface area contributed by atoms with E-state index in [4.69, 9.17) is 0 Å². The van der Waals surface area contributed by atoms with E-state index in [9.17, 15) is 0 Å². The van der Waals surface area contributed by atoms with E-state index in [1.54, 1.807) is 0 Å². The molecular formula is C20H40N2. The van der Waals surface area contributed by atoms with Gasteiger partial charge >= 0.3 is 0 Å². The standard InChI is InChI=1S/C20H40N2/c1-2-3-4-5-6-7-8-9-10-11-12-15-18-21-22-19-16-13-14-17-20-22/h18H,2-17,19-20H2,1H3. The quantitative estimate of drug-likeness (QED) is 0.278. The summed E-state index contributed by atoms with van der Waals surface area (Å²) in [5, 5.41) is 6.92. The summed E-state index contributed by atoms with van der Waals surface area (Å²) < 4.78 is 0. The van der Waals surface area contributed by atoms with E-state index < -0.39 is 0 Å². The molecule has 0 unspecified atom stereocenters. The Labute approximate surface area is 139 Å². The molecule has 22 heavy (non-hydrogen) atoms. The van der Waals surface area contributed by atoms with Gasteiger partial charge in [-0.15, -0.1) is 0 Å². The molecule has 1 aliphatic rings. The maximum absolute atomic E-state index is 4.63. The minimum atomic E-state index is 1.17. The van der Waals surface area contributed by atoms with Crippen LogP contribution in [0.2, 0.25) is 0 Å². The Balaban J connectivity index is 1.79. The molecule has 0 aliphatic carbocycles. The maximum Gasteiger partial charge on any atom is 0.0360 e. The monoisotopic (exact) mass is 308 g/mol. The van der Waals surface area contributed by atoms with Crippen molar-refractivity contribution >= 4 is 6.21 Å². The van der Waals surface area contributed by atoms with Crippen molar-refractivity contribution < 1.29 is 0 Å².